The largest absolute Gasteiger partial charge is 0.494 e. The number of ether oxygens (including phenoxy) is 1. The number of amides is 1. The van der Waals surface area contributed by atoms with E-state index in [4.69, 9.17) is 10.5 Å². The Labute approximate surface area is 120 Å². The predicted octanol–water partition coefficient (Wildman–Crippen LogP) is 1.76. The fourth-order valence-electron chi connectivity index (χ4n) is 1.61. The van der Waals surface area contributed by atoms with Gasteiger partial charge in [-0.15, -0.1) is 0 Å². The van der Waals surface area contributed by atoms with Crippen molar-refractivity contribution in [3.05, 3.63) is 24.3 Å². The van der Waals surface area contributed by atoms with Gasteiger partial charge < -0.3 is 10.5 Å². The highest BCUT2D eigenvalue weighted by Crippen LogP contribution is 2.22. The number of rotatable bonds is 7. The molecule has 1 aromatic carbocycles. The van der Waals surface area contributed by atoms with Gasteiger partial charge in [-0.3, -0.25) is 4.79 Å². The van der Waals surface area contributed by atoms with E-state index in [9.17, 15) is 13.2 Å². The van der Waals surface area contributed by atoms with Gasteiger partial charge in [-0.05, 0) is 37.1 Å². The molecule has 0 aliphatic carbocycles. The summed E-state index contributed by atoms with van der Waals surface area (Å²) in [6.07, 6.45) is 2.50. The molecule has 0 saturated carbocycles. The molecule has 0 saturated heterocycles. The zero-order valence-electron chi connectivity index (χ0n) is 12.0. The van der Waals surface area contributed by atoms with Crippen LogP contribution in [0.2, 0.25) is 0 Å². The first-order chi connectivity index (χ1) is 9.13. The number of primary amides is 1. The third-order valence-electron chi connectivity index (χ3n) is 3.13. The minimum atomic E-state index is -3.18. The first-order valence-corrected chi connectivity index (χ1v) is 8.25. The fraction of sp³-hybridized carbons (Fsp3) is 0.500. The van der Waals surface area contributed by atoms with E-state index < -0.39 is 15.3 Å². The van der Waals surface area contributed by atoms with Gasteiger partial charge in [-0.25, -0.2) is 8.42 Å². The van der Waals surface area contributed by atoms with Crippen LogP contribution in [-0.4, -0.2) is 27.2 Å². The van der Waals surface area contributed by atoms with Gasteiger partial charge in [0.1, 0.15) is 5.75 Å². The standard InChI is InChI=1S/C14H21NO4S/c1-14(2,13(15)16)9-4-10-19-11-5-7-12(8-6-11)20(3,17)18/h5-8H,4,9-10H2,1-3H3,(H2,15,16). The zero-order chi connectivity index (χ0) is 15.4. The molecule has 0 atom stereocenters. The molecule has 0 aliphatic rings. The van der Waals surface area contributed by atoms with Crippen LogP contribution in [0.25, 0.3) is 0 Å². The Morgan fingerprint density at radius 1 is 1.25 bits per heavy atom. The molecule has 0 unspecified atom stereocenters. The highest BCUT2D eigenvalue weighted by molar-refractivity contribution is 7.90. The molecular formula is C14H21NO4S. The smallest absolute Gasteiger partial charge is 0.223 e. The number of sulfone groups is 1. The van der Waals surface area contributed by atoms with Gasteiger partial charge >= 0.3 is 0 Å². The van der Waals surface area contributed by atoms with Gasteiger partial charge in [0.05, 0.1) is 11.5 Å². The highest BCUT2D eigenvalue weighted by atomic mass is 32.2. The van der Waals surface area contributed by atoms with Crippen LogP contribution in [0.3, 0.4) is 0 Å². The molecule has 0 bridgehead atoms. The van der Waals surface area contributed by atoms with Crippen LogP contribution in [0.5, 0.6) is 5.75 Å². The van der Waals surface area contributed by atoms with Crippen molar-refractivity contribution < 1.29 is 17.9 Å². The molecule has 0 aromatic heterocycles. The first kappa shape index (κ1) is 16.5. The molecule has 5 nitrogen and oxygen atoms in total. The molecule has 0 radical (unpaired) electrons. The van der Waals surface area contributed by atoms with Gasteiger partial charge in [0.25, 0.3) is 0 Å². The maximum Gasteiger partial charge on any atom is 0.223 e. The van der Waals surface area contributed by atoms with Crippen molar-refractivity contribution in [1.29, 1.82) is 0 Å². The third kappa shape index (κ3) is 4.85. The maximum atomic E-state index is 11.3. The minimum absolute atomic E-state index is 0.264. The van der Waals surface area contributed by atoms with E-state index in [1.165, 1.54) is 12.1 Å². The summed E-state index contributed by atoms with van der Waals surface area (Å²) >= 11 is 0. The quantitative estimate of drug-likeness (QED) is 0.777. The van der Waals surface area contributed by atoms with E-state index >= 15 is 0 Å². The van der Waals surface area contributed by atoms with E-state index in [-0.39, 0.29) is 10.8 Å². The van der Waals surface area contributed by atoms with Crippen molar-refractivity contribution in [3.8, 4) is 5.75 Å². The Morgan fingerprint density at radius 2 is 1.80 bits per heavy atom. The fourth-order valence-corrected chi connectivity index (χ4v) is 2.24. The molecular weight excluding hydrogens is 278 g/mol. The number of carbonyl (C=O) groups is 1. The van der Waals surface area contributed by atoms with Crippen molar-refractivity contribution in [2.75, 3.05) is 12.9 Å². The first-order valence-electron chi connectivity index (χ1n) is 6.36. The number of nitrogens with two attached hydrogens (primary N) is 1. The van der Waals surface area contributed by atoms with Crippen LogP contribution in [0.4, 0.5) is 0 Å². The molecule has 0 heterocycles. The Balaban J connectivity index is 2.46. The molecule has 1 aromatic rings. The average Bonchev–Trinajstić information content (AvgIpc) is 2.34. The normalized spacial score (nSPS) is 12.2. The Bertz CT molecular complexity index is 561. The molecule has 112 valence electrons. The SMILES string of the molecule is CC(C)(CCCOc1ccc(S(C)(=O)=O)cc1)C(N)=O. The van der Waals surface area contributed by atoms with Crippen molar-refractivity contribution in [2.45, 2.75) is 31.6 Å². The van der Waals surface area contributed by atoms with E-state index in [2.05, 4.69) is 0 Å². The van der Waals surface area contributed by atoms with Crippen molar-refractivity contribution in [2.24, 2.45) is 11.1 Å². The third-order valence-corrected chi connectivity index (χ3v) is 4.26. The summed E-state index contributed by atoms with van der Waals surface area (Å²) in [5.74, 6) is 0.282. The second kappa shape index (κ2) is 6.26. The topological polar surface area (TPSA) is 86.5 Å². The van der Waals surface area contributed by atoms with Gasteiger partial charge in [0.15, 0.2) is 9.84 Å². The van der Waals surface area contributed by atoms with Crippen molar-refractivity contribution in [1.82, 2.24) is 0 Å². The summed E-state index contributed by atoms with van der Waals surface area (Å²) in [6, 6.07) is 6.27. The second-order valence-electron chi connectivity index (χ2n) is 5.44. The maximum absolute atomic E-state index is 11.3. The van der Waals surface area contributed by atoms with Crippen molar-refractivity contribution in [3.63, 3.8) is 0 Å². The van der Waals surface area contributed by atoms with E-state index in [0.717, 1.165) is 6.26 Å². The lowest BCUT2D eigenvalue weighted by molar-refractivity contribution is -0.126. The van der Waals surface area contributed by atoms with Crippen LogP contribution in [0.1, 0.15) is 26.7 Å². The number of carbonyl (C=O) groups excluding carboxylic acids is 1. The van der Waals surface area contributed by atoms with Crippen LogP contribution in [-0.2, 0) is 14.6 Å². The monoisotopic (exact) mass is 299 g/mol. The molecule has 1 amide bonds. The lowest BCUT2D eigenvalue weighted by Gasteiger charge is -2.19. The van der Waals surface area contributed by atoms with Gasteiger partial charge in [0, 0.05) is 11.7 Å². The summed E-state index contributed by atoms with van der Waals surface area (Å²) in [7, 11) is -3.18. The van der Waals surface area contributed by atoms with Crippen LogP contribution >= 0.6 is 0 Å². The molecule has 20 heavy (non-hydrogen) atoms. The minimum Gasteiger partial charge on any atom is -0.494 e. The Hall–Kier alpha value is -1.56. The summed E-state index contributed by atoms with van der Waals surface area (Å²) in [5, 5.41) is 0. The second-order valence-corrected chi connectivity index (χ2v) is 7.46. The zero-order valence-corrected chi connectivity index (χ0v) is 12.9. The lowest BCUT2D eigenvalue weighted by atomic mass is 9.87. The molecule has 0 fully saturated rings. The Kier molecular flexibility index (Phi) is 5.16. The van der Waals surface area contributed by atoms with Gasteiger partial charge in [0.2, 0.25) is 5.91 Å². The number of benzene rings is 1. The summed E-state index contributed by atoms with van der Waals surface area (Å²) < 4.78 is 28.1. The van der Waals surface area contributed by atoms with E-state index in [1.54, 1.807) is 26.0 Å². The number of hydrogen-bond donors (Lipinski definition) is 1. The molecule has 1 rings (SSSR count). The van der Waals surface area contributed by atoms with E-state index in [1.807, 2.05) is 0 Å². The van der Waals surface area contributed by atoms with Gasteiger partial charge in [-0.2, -0.15) is 0 Å². The Morgan fingerprint density at radius 3 is 2.25 bits per heavy atom. The molecule has 2 N–H and O–H groups in total. The molecule has 0 aliphatic heterocycles. The summed E-state index contributed by atoms with van der Waals surface area (Å²) in [6.45, 7) is 4.06. The van der Waals surface area contributed by atoms with E-state index in [0.29, 0.717) is 25.2 Å². The highest BCUT2D eigenvalue weighted by Gasteiger charge is 2.23. The summed E-state index contributed by atoms with van der Waals surface area (Å²) in [4.78, 5) is 11.4. The number of hydrogen-bond acceptors (Lipinski definition) is 4. The summed E-state index contributed by atoms with van der Waals surface area (Å²) in [5.41, 5.74) is 4.75. The van der Waals surface area contributed by atoms with Gasteiger partial charge in [-0.1, -0.05) is 13.8 Å². The average molecular weight is 299 g/mol. The lowest BCUT2D eigenvalue weighted by Crippen LogP contribution is -2.31. The predicted molar refractivity (Wildman–Crippen MR) is 77.3 cm³/mol. The van der Waals surface area contributed by atoms with Crippen molar-refractivity contribution >= 4 is 15.7 Å². The van der Waals surface area contributed by atoms with Crippen LogP contribution < -0.4 is 10.5 Å². The van der Waals surface area contributed by atoms with Crippen LogP contribution in [0, 0.1) is 5.41 Å². The van der Waals surface area contributed by atoms with Crippen LogP contribution in [0.15, 0.2) is 29.2 Å². The molecule has 6 heteroatoms. The molecule has 0 spiro atoms.